The van der Waals surface area contributed by atoms with Crippen molar-refractivity contribution in [3.63, 3.8) is 0 Å². The Bertz CT molecular complexity index is 3190. The molecule has 3 aromatic heterocycles. The van der Waals surface area contributed by atoms with Gasteiger partial charge in [0.1, 0.15) is 6.07 Å². The Morgan fingerprint density at radius 2 is 0.867 bits per heavy atom. The van der Waals surface area contributed by atoms with Crippen LogP contribution in [0.5, 0.6) is 0 Å². The van der Waals surface area contributed by atoms with Crippen LogP contribution in [0.15, 0.2) is 41.9 Å². The van der Waals surface area contributed by atoms with Gasteiger partial charge >= 0.3 is 0 Å². The lowest BCUT2D eigenvalue weighted by atomic mass is 9.49. The summed E-state index contributed by atoms with van der Waals surface area (Å²) in [5, 5.41) is 53.6. The molecule has 0 bridgehead atoms. The number of hydrogen-bond acceptors (Lipinski definition) is 11. The van der Waals surface area contributed by atoms with Crippen LogP contribution in [0.4, 0.5) is 0 Å². The summed E-state index contributed by atoms with van der Waals surface area (Å²) < 4.78 is 16.8. The number of carbonyl (C=O) groups excluding carboxylic acids is 3. The van der Waals surface area contributed by atoms with E-state index in [1.165, 1.54) is 103 Å². The van der Waals surface area contributed by atoms with Crippen LogP contribution in [-0.2, 0) is 44.8 Å². The molecular weight excluding hydrogens is 1140 g/mol. The third kappa shape index (κ3) is 12.2. The van der Waals surface area contributed by atoms with E-state index >= 15 is 0 Å². The van der Waals surface area contributed by atoms with E-state index in [0.29, 0.717) is 71.2 Å². The van der Waals surface area contributed by atoms with Crippen LogP contribution in [-0.4, -0.2) is 89.3 Å². The van der Waals surface area contributed by atoms with Crippen LogP contribution in [0.25, 0.3) is 0 Å². The number of hydrogen-bond donors (Lipinski definition) is 3. The van der Waals surface area contributed by atoms with Crippen molar-refractivity contribution in [2.75, 3.05) is 6.26 Å². The molecule has 12 aliphatic rings. The molecule has 90 heavy (non-hydrogen) atoms. The van der Waals surface area contributed by atoms with Crippen molar-refractivity contribution >= 4 is 28.1 Å². The molecular formula is C75H111N7O7S. The number of carbonyl (C=O) groups is 3. The maximum absolute atomic E-state index is 13.3. The summed E-state index contributed by atoms with van der Waals surface area (Å²) in [6, 6.07) is 3.72. The van der Waals surface area contributed by atoms with Gasteiger partial charge in [0, 0.05) is 42.6 Å². The molecule has 12 aliphatic carbocycles. The van der Waals surface area contributed by atoms with E-state index in [1.807, 2.05) is 50.8 Å². The van der Waals surface area contributed by atoms with Gasteiger partial charge in [-0.25, -0.2) is 0 Å². The zero-order valence-corrected chi connectivity index (χ0v) is 56.9. The standard InChI is InChI=1S/C25H35N3O2.C25H38N2O3S.C25H38N2O2/c1-24(30)10-7-18-16(13-24)3-4-20-19(18)8-11-25(2)21(20)5-6-22(25)23(29)15-28-12-9-17(14-26)27-28;1-24(29)10-8-18-16(12-24)4-5-20-19(18)9-11-25(2)21(20)6-7-22(25)23(28)15-27-14-17(13-26-27)31(3)30;1-16-13-26-27(14-16)15-23(28)22-7-6-21-20-5-4-17-12-24(2,29)10-8-18(17)19(20)9-11-25(21,22)3/h9,12,16,18-22,30H,3-8,10-11,13,15H2,1-2H3;13-14,16,18-22,29H,4-12,15H2,1-3H3;13-14,17-22,29H,4-12,15H2,1-3H3/t16-,18+,19-,20-,21+,22-,24-,25+;16-,18+,19-,20-,21+,22-,24-,25+,31?;17-,18+,19-,20-,21+,22-,24-,25+/m111/s1. The molecule has 3 heterocycles. The first-order valence-electron chi connectivity index (χ1n) is 36.3. The van der Waals surface area contributed by atoms with Crippen molar-refractivity contribution in [2.45, 2.75) is 263 Å². The van der Waals surface area contributed by atoms with Gasteiger partial charge in [0.2, 0.25) is 0 Å². The lowest BCUT2D eigenvalue weighted by Crippen LogP contribution is -2.51. The predicted octanol–water partition coefficient (Wildman–Crippen LogP) is 13.3. The number of Topliss-reactive ketones (excluding diaryl/α,β-unsaturated/α-hetero) is 3. The van der Waals surface area contributed by atoms with Crippen LogP contribution in [0.3, 0.4) is 0 Å². The van der Waals surface area contributed by atoms with Crippen LogP contribution in [0.1, 0.15) is 226 Å². The molecule has 15 rings (SSSR count). The van der Waals surface area contributed by atoms with E-state index in [0.717, 1.165) is 141 Å². The molecule has 14 nitrogen and oxygen atoms in total. The van der Waals surface area contributed by atoms with E-state index in [-0.39, 0.29) is 34.0 Å². The summed E-state index contributed by atoms with van der Waals surface area (Å²) in [6.45, 7) is 16.4. The van der Waals surface area contributed by atoms with Gasteiger partial charge in [0.05, 0.1) is 64.5 Å². The van der Waals surface area contributed by atoms with Gasteiger partial charge in [-0.1, -0.05) is 20.8 Å². The van der Waals surface area contributed by atoms with Gasteiger partial charge in [0.25, 0.3) is 0 Å². The molecule has 0 spiro atoms. The summed E-state index contributed by atoms with van der Waals surface area (Å²) >= 11 is 0. The third-order valence-corrected chi connectivity index (χ3v) is 30.2. The highest BCUT2D eigenvalue weighted by atomic mass is 32.2. The zero-order valence-electron chi connectivity index (χ0n) is 56.1. The Labute approximate surface area is 540 Å². The second kappa shape index (κ2) is 24.7. The van der Waals surface area contributed by atoms with Crippen molar-refractivity contribution < 1.29 is 33.9 Å². The second-order valence-corrected chi connectivity index (χ2v) is 35.9. The normalized spacial score (nSPS) is 45.7. The summed E-state index contributed by atoms with van der Waals surface area (Å²) in [5.41, 5.74) is 0.573. The quantitative estimate of drug-likeness (QED) is 0.174. The molecule has 15 heteroatoms. The molecule has 12 fully saturated rings. The Morgan fingerprint density at radius 1 is 0.500 bits per heavy atom. The number of aromatic nitrogens is 6. The zero-order chi connectivity index (χ0) is 63.5. The molecule has 0 radical (unpaired) electrons. The molecule has 25 atom stereocenters. The van der Waals surface area contributed by atoms with E-state index in [4.69, 9.17) is 5.26 Å². The molecule has 12 saturated carbocycles. The average molecular weight is 1250 g/mol. The van der Waals surface area contributed by atoms with Crippen molar-refractivity contribution in [3.8, 4) is 6.07 Å². The number of rotatable bonds is 10. The number of fused-ring (bicyclic) bond motifs is 15. The largest absolute Gasteiger partial charge is 0.390 e. The monoisotopic (exact) mass is 1250 g/mol. The Hall–Kier alpha value is -3.84. The molecule has 0 saturated heterocycles. The van der Waals surface area contributed by atoms with Crippen molar-refractivity contribution in [1.29, 1.82) is 5.26 Å². The Kier molecular flexibility index (Phi) is 17.8. The minimum Gasteiger partial charge on any atom is -0.390 e. The van der Waals surface area contributed by atoms with E-state index in [1.54, 1.807) is 40.3 Å². The average Bonchev–Trinajstić information content (AvgIpc) is 1.45. The van der Waals surface area contributed by atoms with E-state index < -0.39 is 27.6 Å². The third-order valence-electron chi connectivity index (χ3n) is 29.3. The molecule has 0 aliphatic heterocycles. The molecule has 494 valence electrons. The van der Waals surface area contributed by atoms with Gasteiger partial charge in [-0.3, -0.25) is 32.6 Å². The predicted molar refractivity (Wildman–Crippen MR) is 347 cm³/mol. The maximum atomic E-state index is 13.3. The van der Waals surface area contributed by atoms with E-state index in [2.05, 4.69) is 36.1 Å². The van der Waals surface area contributed by atoms with Crippen molar-refractivity contribution in [2.24, 2.45) is 123 Å². The first kappa shape index (κ1) is 64.8. The first-order valence-corrected chi connectivity index (χ1v) is 37.8. The minimum atomic E-state index is -1.06. The maximum Gasteiger partial charge on any atom is 0.162 e. The number of ketones is 3. The minimum absolute atomic E-state index is 0.120. The Morgan fingerprint density at radius 3 is 1.21 bits per heavy atom. The fourth-order valence-electron chi connectivity index (χ4n) is 25.3. The fourth-order valence-corrected chi connectivity index (χ4v) is 25.7. The van der Waals surface area contributed by atoms with Gasteiger partial charge < -0.3 is 15.3 Å². The smallest absolute Gasteiger partial charge is 0.162 e. The van der Waals surface area contributed by atoms with Crippen molar-refractivity contribution in [3.05, 3.63) is 48.3 Å². The molecule has 0 aromatic carbocycles. The molecule has 3 aromatic rings. The SMILES string of the molecule is CS(=O)c1cnn(CC(=O)[C@H]2CC[C@H]3[C@@H]4CC[C@@H]5C[C@](C)(O)CC[C@@H]5[C@H]4CC[C@]23C)c1.C[C@@]1(O)CC[C@H]2[C@H](CC[C@@H]3[C@@H]2CC[C@]2(C)[C@@H](C(=O)Cn4ccc(C#N)n4)CC[C@@H]32)C1.Cc1cnn(CC(=O)[C@H]2CC[C@H]3[C@@H]4CC[C@@H]5C[C@](C)(O)CC[C@@H]5[C@H]4CC[C@]23C)c1. The van der Waals surface area contributed by atoms with Crippen molar-refractivity contribution in [1.82, 2.24) is 29.3 Å². The Balaban J connectivity index is 0.000000124. The second-order valence-electron chi connectivity index (χ2n) is 34.5. The molecule has 1 unspecified atom stereocenters. The number of aryl methyl sites for hydroxylation is 1. The summed E-state index contributed by atoms with van der Waals surface area (Å²) in [5.74, 6) is 12.8. The number of nitrogens with zero attached hydrogens (tertiary/aromatic N) is 7. The fraction of sp³-hybridized carbons (Fsp3) is 0.827. The first-order chi connectivity index (χ1) is 42.7. The van der Waals surface area contributed by atoms with Crippen LogP contribution < -0.4 is 0 Å². The van der Waals surface area contributed by atoms with Crippen LogP contribution in [0, 0.1) is 141 Å². The molecule has 0 amide bonds. The van der Waals surface area contributed by atoms with Gasteiger partial charge in [-0.15, -0.1) is 0 Å². The van der Waals surface area contributed by atoms with Crippen LogP contribution in [0.2, 0.25) is 0 Å². The highest BCUT2D eigenvalue weighted by Gasteiger charge is 2.62. The van der Waals surface area contributed by atoms with Gasteiger partial charge in [-0.05, 0) is 318 Å². The van der Waals surface area contributed by atoms with Crippen LogP contribution >= 0.6 is 0 Å². The van der Waals surface area contributed by atoms with E-state index in [9.17, 15) is 33.9 Å². The highest BCUT2D eigenvalue weighted by Crippen LogP contribution is 2.68. The van der Waals surface area contributed by atoms with Gasteiger partial charge in [-0.2, -0.15) is 20.6 Å². The topological polar surface area (TPSA) is 206 Å². The number of aliphatic hydroxyl groups is 3. The molecule has 3 N–H and O–H groups in total. The number of nitriles is 1. The van der Waals surface area contributed by atoms with Gasteiger partial charge in [0.15, 0.2) is 23.0 Å². The lowest BCUT2D eigenvalue weighted by molar-refractivity contribution is -0.133. The lowest BCUT2D eigenvalue weighted by Gasteiger charge is -2.56. The summed E-state index contributed by atoms with van der Waals surface area (Å²) in [4.78, 5) is 40.6. The summed E-state index contributed by atoms with van der Waals surface area (Å²) in [6.07, 6.45) is 41.8. The highest BCUT2D eigenvalue weighted by molar-refractivity contribution is 7.84. The summed E-state index contributed by atoms with van der Waals surface area (Å²) in [7, 11) is -1.06.